The predicted molar refractivity (Wildman–Crippen MR) is 101 cm³/mol. The standard InChI is InChI=1S/C21H25NO4/c1-21(2,3)17-8-6-16(7-9-17)20(25)22-13-12-15-4-10-18(11-5-15)26-14-19(23)24/h4-11H,12-14H2,1-3H3,(H,22,25)(H,23,24). The summed E-state index contributed by atoms with van der Waals surface area (Å²) in [6.45, 7) is 6.58. The summed E-state index contributed by atoms with van der Waals surface area (Å²) in [5.41, 5.74) is 2.95. The molecule has 0 radical (unpaired) electrons. The minimum atomic E-state index is -1.01. The monoisotopic (exact) mass is 355 g/mol. The van der Waals surface area contributed by atoms with Crippen molar-refractivity contribution in [2.24, 2.45) is 0 Å². The molecule has 0 atom stereocenters. The van der Waals surface area contributed by atoms with Crippen LogP contribution in [0.25, 0.3) is 0 Å². The highest BCUT2D eigenvalue weighted by Crippen LogP contribution is 2.22. The van der Waals surface area contributed by atoms with E-state index in [0.717, 1.165) is 5.56 Å². The molecule has 0 heterocycles. The second-order valence-electron chi connectivity index (χ2n) is 7.16. The van der Waals surface area contributed by atoms with Crippen LogP contribution in [-0.4, -0.2) is 30.1 Å². The fourth-order valence-corrected chi connectivity index (χ4v) is 2.44. The molecule has 0 unspecified atom stereocenters. The maximum Gasteiger partial charge on any atom is 0.341 e. The van der Waals surface area contributed by atoms with E-state index in [1.807, 2.05) is 36.4 Å². The van der Waals surface area contributed by atoms with Gasteiger partial charge in [-0.1, -0.05) is 45.0 Å². The molecule has 0 bridgehead atoms. The number of aliphatic carboxylic acids is 1. The number of ether oxygens (including phenoxy) is 1. The lowest BCUT2D eigenvalue weighted by Crippen LogP contribution is -2.25. The maximum atomic E-state index is 12.2. The number of carboxylic acid groups (broad SMARTS) is 1. The first-order valence-corrected chi connectivity index (χ1v) is 8.58. The summed E-state index contributed by atoms with van der Waals surface area (Å²) in [6.07, 6.45) is 0.686. The first kappa shape index (κ1) is 19.5. The van der Waals surface area contributed by atoms with E-state index < -0.39 is 5.97 Å². The molecule has 2 aromatic rings. The lowest BCUT2D eigenvalue weighted by molar-refractivity contribution is -0.139. The molecule has 1 amide bonds. The van der Waals surface area contributed by atoms with Crippen molar-refractivity contribution in [3.05, 3.63) is 65.2 Å². The average molecular weight is 355 g/mol. The van der Waals surface area contributed by atoms with E-state index >= 15 is 0 Å². The molecule has 0 saturated heterocycles. The molecule has 2 rings (SSSR count). The van der Waals surface area contributed by atoms with Crippen LogP contribution in [0.3, 0.4) is 0 Å². The molecule has 0 fully saturated rings. The summed E-state index contributed by atoms with van der Waals surface area (Å²) in [6, 6.07) is 14.9. The van der Waals surface area contributed by atoms with E-state index in [4.69, 9.17) is 9.84 Å². The van der Waals surface area contributed by atoms with Gasteiger partial charge in [0.05, 0.1) is 0 Å². The van der Waals surface area contributed by atoms with Crippen LogP contribution in [0.4, 0.5) is 0 Å². The van der Waals surface area contributed by atoms with E-state index in [2.05, 4.69) is 26.1 Å². The van der Waals surface area contributed by atoms with E-state index in [1.54, 1.807) is 12.1 Å². The summed E-state index contributed by atoms with van der Waals surface area (Å²) in [5.74, 6) is -0.585. The molecule has 5 heteroatoms. The van der Waals surface area contributed by atoms with Gasteiger partial charge in [-0.05, 0) is 47.2 Å². The third-order valence-electron chi connectivity index (χ3n) is 4.00. The van der Waals surface area contributed by atoms with Crippen LogP contribution in [0.5, 0.6) is 5.75 Å². The first-order valence-electron chi connectivity index (χ1n) is 8.58. The third kappa shape index (κ3) is 5.92. The molecule has 2 N–H and O–H groups in total. The number of hydrogen-bond acceptors (Lipinski definition) is 3. The van der Waals surface area contributed by atoms with E-state index in [1.165, 1.54) is 5.56 Å². The summed E-state index contributed by atoms with van der Waals surface area (Å²) < 4.78 is 5.09. The van der Waals surface area contributed by atoms with Gasteiger partial charge in [0.1, 0.15) is 5.75 Å². The Labute approximate surface area is 154 Å². The van der Waals surface area contributed by atoms with Gasteiger partial charge >= 0.3 is 5.97 Å². The Balaban J connectivity index is 1.81. The van der Waals surface area contributed by atoms with Crippen LogP contribution in [-0.2, 0) is 16.6 Å². The van der Waals surface area contributed by atoms with Gasteiger partial charge in [-0.25, -0.2) is 4.79 Å². The molecule has 2 aromatic carbocycles. The highest BCUT2D eigenvalue weighted by Gasteiger charge is 2.14. The van der Waals surface area contributed by atoms with Crippen LogP contribution >= 0.6 is 0 Å². The molecule has 0 saturated carbocycles. The number of carbonyl (C=O) groups excluding carboxylic acids is 1. The number of nitrogens with one attached hydrogen (secondary N) is 1. The molecule has 138 valence electrons. The second-order valence-corrected chi connectivity index (χ2v) is 7.16. The SMILES string of the molecule is CC(C)(C)c1ccc(C(=O)NCCc2ccc(OCC(=O)O)cc2)cc1. The van der Waals surface area contributed by atoms with Crippen molar-refractivity contribution in [2.75, 3.05) is 13.2 Å². The van der Waals surface area contributed by atoms with Crippen molar-refractivity contribution in [1.29, 1.82) is 0 Å². The van der Waals surface area contributed by atoms with Crippen molar-refractivity contribution in [3.8, 4) is 5.75 Å². The van der Waals surface area contributed by atoms with Crippen LogP contribution in [0.15, 0.2) is 48.5 Å². The summed E-state index contributed by atoms with van der Waals surface area (Å²) >= 11 is 0. The zero-order valence-corrected chi connectivity index (χ0v) is 15.4. The molecular formula is C21H25NO4. The van der Waals surface area contributed by atoms with Crippen molar-refractivity contribution in [1.82, 2.24) is 5.32 Å². The number of hydrogen-bond donors (Lipinski definition) is 2. The van der Waals surface area contributed by atoms with Gasteiger partial charge in [0.15, 0.2) is 6.61 Å². The molecule has 0 spiro atoms. The Morgan fingerprint density at radius 1 is 1.00 bits per heavy atom. The van der Waals surface area contributed by atoms with Gasteiger partial charge in [0.25, 0.3) is 5.91 Å². The van der Waals surface area contributed by atoms with E-state index in [9.17, 15) is 9.59 Å². The largest absolute Gasteiger partial charge is 0.482 e. The Hall–Kier alpha value is -2.82. The zero-order chi connectivity index (χ0) is 19.2. The molecule has 0 aliphatic heterocycles. The van der Waals surface area contributed by atoms with Crippen molar-refractivity contribution >= 4 is 11.9 Å². The van der Waals surface area contributed by atoms with Crippen LogP contribution in [0, 0.1) is 0 Å². The Bertz CT molecular complexity index is 743. The Kier molecular flexibility index (Phi) is 6.39. The zero-order valence-electron chi connectivity index (χ0n) is 15.4. The van der Waals surface area contributed by atoms with Crippen LogP contribution in [0.2, 0.25) is 0 Å². The number of carboxylic acids is 1. The fourth-order valence-electron chi connectivity index (χ4n) is 2.44. The van der Waals surface area contributed by atoms with E-state index in [-0.39, 0.29) is 17.9 Å². The second kappa shape index (κ2) is 8.52. The highest BCUT2D eigenvalue weighted by molar-refractivity contribution is 5.94. The fraction of sp³-hybridized carbons (Fsp3) is 0.333. The quantitative estimate of drug-likeness (QED) is 0.798. The Morgan fingerprint density at radius 2 is 1.62 bits per heavy atom. The molecule has 0 aliphatic carbocycles. The first-order chi connectivity index (χ1) is 12.3. The normalized spacial score (nSPS) is 11.0. The molecule has 26 heavy (non-hydrogen) atoms. The van der Waals surface area contributed by atoms with Gasteiger partial charge in [-0.2, -0.15) is 0 Å². The summed E-state index contributed by atoms with van der Waals surface area (Å²) in [4.78, 5) is 22.7. The van der Waals surface area contributed by atoms with E-state index in [0.29, 0.717) is 24.3 Å². The minimum absolute atomic E-state index is 0.0648. The average Bonchev–Trinajstić information content (AvgIpc) is 2.60. The molecule has 0 aliphatic rings. The third-order valence-corrected chi connectivity index (χ3v) is 4.00. The van der Waals surface area contributed by atoms with Gasteiger partial charge in [-0.3, -0.25) is 4.79 Å². The van der Waals surface area contributed by atoms with Crippen molar-refractivity contribution < 1.29 is 19.4 Å². The van der Waals surface area contributed by atoms with Gasteiger partial charge in [0.2, 0.25) is 0 Å². The minimum Gasteiger partial charge on any atom is -0.482 e. The molecular weight excluding hydrogens is 330 g/mol. The van der Waals surface area contributed by atoms with Gasteiger partial charge < -0.3 is 15.2 Å². The van der Waals surface area contributed by atoms with Crippen molar-refractivity contribution in [3.63, 3.8) is 0 Å². The van der Waals surface area contributed by atoms with Crippen molar-refractivity contribution in [2.45, 2.75) is 32.6 Å². The maximum absolute atomic E-state index is 12.2. The smallest absolute Gasteiger partial charge is 0.341 e. The van der Waals surface area contributed by atoms with Gasteiger partial charge in [0, 0.05) is 12.1 Å². The van der Waals surface area contributed by atoms with Crippen LogP contribution < -0.4 is 10.1 Å². The molecule has 5 nitrogen and oxygen atoms in total. The lowest BCUT2D eigenvalue weighted by Gasteiger charge is -2.19. The Morgan fingerprint density at radius 3 is 2.15 bits per heavy atom. The lowest BCUT2D eigenvalue weighted by atomic mass is 9.87. The topological polar surface area (TPSA) is 75.6 Å². The van der Waals surface area contributed by atoms with Gasteiger partial charge in [-0.15, -0.1) is 0 Å². The number of benzene rings is 2. The summed E-state index contributed by atoms with van der Waals surface area (Å²) in [7, 11) is 0. The number of rotatable bonds is 7. The summed E-state index contributed by atoms with van der Waals surface area (Å²) in [5, 5.41) is 11.5. The highest BCUT2D eigenvalue weighted by atomic mass is 16.5. The van der Waals surface area contributed by atoms with Crippen LogP contribution in [0.1, 0.15) is 42.3 Å². The molecule has 0 aromatic heterocycles. The predicted octanol–water partition coefficient (Wildman–Crippen LogP) is 3.42. The number of amides is 1. The number of carbonyl (C=O) groups is 2.